The Morgan fingerprint density at radius 2 is 1.88 bits per heavy atom. The monoisotopic (exact) mass is 361 g/mol. The van der Waals surface area contributed by atoms with Gasteiger partial charge in [0.05, 0.1) is 23.5 Å². The largest absolute Gasteiger partial charge is 0.352 e. The fraction of sp³-hybridized carbons (Fsp3) is 0.222. The van der Waals surface area contributed by atoms with Crippen LogP contribution in [-0.2, 0) is 4.79 Å². The van der Waals surface area contributed by atoms with Gasteiger partial charge in [-0.3, -0.25) is 14.6 Å². The number of aromatic nitrogens is 1. The number of nitrogens with zero attached hydrogens (tertiary/aromatic N) is 2. The van der Waals surface area contributed by atoms with Crippen LogP contribution in [0.15, 0.2) is 36.5 Å². The molecule has 2 rings (SSSR count). The molecule has 0 saturated carbocycles. The first kappa shape index (κ1) is 19.1. The summed E-state index contributed by atoms with van der Waals surface area (Å²) < 4.78 is 39.1. The highest BCUT2D eigenvalue weighted by Gasteiger charge is 2.21. The number of rotatable bonds is 7. The lowest BCUT2D eigenvalue weighted by molar-refractivity contribution is -0.119. The van der Waals surface area contributed by atoms with Crippen molar-refractivity contribution in [3.63, 3.8) is 0 Å². The van der Waals surface area contributed by atoms with Crippen molar-refractivity contribution >= 4 is 11.7 Å². The first-order chi connectivity index (χ1) is 12.4. The van der Waals surface area contributed by atoms with Crippen molar-refractivity contribution in [3.8, 4) is 6.07 Å². The Bertz CT molecular complexity index is 848. The molecule has 0 saturated heterocycles. The maximum absolute atomic E-state index is 13.5. The summed E-state index contributed by atoms with van der Waals surface area (Å²) in [4.78, 5) is 27.6. The maximum atomic E-state index is 13.5. The highest BCUT2D eigenvalue weighted by Crippen LogP contribution is 2.16. The first-order valence-corrected chi connectivity index (χ1v) is 7.69. The van der Waals surface area contributed by atoms with Crippen LogP contribution in [0.25, 0.3) is 0 Å². The average molecular weight is 361 g/mol. The number of amides is 1. The summed E-state index contributed by atoms with van der Waals surface area (Å²) in [6.07, 6.45) is 1.11. The third kappa shape index (κ3) is 4.89. The molecule has 5 nitrogen and oxygen atoms in total. The summed E-state index contributed by atoms with van der Waals surface area (Å²) in [6.45, 7) is 0.0659. The Balaban J connectivity index is 1.84. The van der Waals surface area contributed by atoms with Crippen LogP contribution in [0.5, 0.6) is 0 Å². The molecule has 0 aliphatic rings. The maximum Gasteiger partial charge on any atom is 0.254 e. The van der Waals surface area contributed by atoms with Gasteiger partial charge in [-0.25, -0.2) is 13.2 Å². The highest BCUT2D eigenvalue weighted by molar-refractivity contribution is 5.94. The summed E-state index contributed by atoms with van der Waals surface area (Å²) >= 11 is 0. The van der Waals surface area contributed by atoms with E-state index in [0.717, 1.165) is 24.4 Å². The van der Waals surface area contributed by atoms with E-state index in [0.29, 0.717) is 6.07 Å². The lowest BCUT2D eigenvalue weighted by atomic mass is 9.97. The summed E-state index contributed by atoms with van der Waals surface area (Å²) in [6, 6.07) is 6.79. The van der Waals surface area contributed by atoms with Crippen LogP contribution >= 0.6 is 0 Å². The Morgan fingerprint density at radius 3 is 2.50 bits per heavy atom. The molecule has 0 aliphatic carbocycles. The number of benzene rings is 1. The van der Waals surface area contributed by atoms with Crippen molar-refractivity contribution in [2.24, 2.45) is 0 Å². The predicted molar refractivity (Wildman–Crippen MR) is 85.5 cm³/mol. The topological polar surface area (TPSA) is 82.9 Å². The number of Topliss-reactive ketones (excluding diaryl/α,β-unsaturated/α-hetero) is 1. The quantitative estimate of drug-likeness (QED) is 0.769. The summed E-state index contributed by atoms with van der Waals surface area (Å²) in [5.74, 6) is -4.62. The van der Waals surface area contributed by atoms with Crippen molar-refractivity contribution in [2.75, 3.05) is 6.54 Å². The molecule has 134 valence electrons. The van der Waals surface area contributed by atoms with E-state index in [1.807, 2.05) is 6.07 Å². The number of hydrogen-bond donors (Lipinski definition) is 1. The summed E-state index contributed by atoms with van der Waals surface area (Å²) in [7, 11) is 0. The smallest absolute Gasteiger partial charge is 0.254 e. The molecule has 1 atom stereocenters. The molecule has 1 aromatic carbocycles. The van der Waals surface area contributed by atoms with Gasteiger partial charge in [0.15, 0.2) is 5.78 Å². The first-order valence-electron chi connectivity index (χ1n) is 7.69. The van der Waals surface area contributed by atoms with E-state index in [1.165, 1.54) is 6.07 Å². The van der Waals surface area contributed by atoms with Gasteiger partial charge in [0, 0.05) is 19.0 Å². The van der Waals surface area contributed by atoms with Crippen LogP contribution in [0.4, 0.5) is 13.2 Å². The zero-order valence-corrected chi connectivity index (χ0v) is 13.5. The standard InChI is InChI=1S/C18H14F3N3O2/c19-11-3-5-13(15(21)8-11)18(26)23-7-1-2-17(25)14(9-22)16-6-4-12(20)10-24-16/h3-6,8,10,14H,1-2,7H2,(H,23,26)/t14-/m1/s1. The Morgan fingerprint density at radius 1 is 1.15 bits per heavy atom. The Hall–Kier alpha value is -3.21. The number of halogens is 3. The molecule has 0 fully saturated rings. The summed E-state index contributed by atoms with van der Waals surface area (Å²) in [5.41, 5.74) is -0.153. The highest BCUT2D eigenvalue weighted by atomic mass is 19.1. The van der Waals surface area contributed by atoms with Crippen LogP contribution in [-0.4, -0.2) is 23.2 Å². The van der Waals surface area contributed by atoms with Gasteiger partial charge >= 0.3 is 0 Å². The molecule has 8 heteroatoms. The van der Waals surface area contributed by atoms with E-state index in [9.17, 15) is 22.8 Å². The Kier molecular flexibility index (Phi) is 6.44. The van der Waals surface area contributed by atoms with Crippen molar-refractivity contribution in [1.29, 1.82) is 5.26 Å². The van der Waals surface area contributed by atoms with Gasteiger partial charge in [-0.2, -0.15) is 5.26 Å². The number of carbonyl (C=O) groups excluding carboxylic acids is 2. The zero-order chi connectivity index (χ0) is 19.1. The van der Waals surface area contributed by atoms with Crippen molar-refractivity contribution in [1.82, 2.24) is 10.3 Å². The van der Waals surface area contributed by atoms with Crippen molar-refractivity contribution < 1.29 is 22.8 Å². The van der Waals surface area contributed by atoms with E-state index < -0.39 is 35.1 Å². The normalized spacial score (nSPS) is 11.5. The number of pyridine rings is 1. The fourth-order valence-electron chi connectivity index (χ4n) is 2.24. The van der Waals surface area contributed by atoms with E-state index in [1.54, 1.807) is 0 Å². The zero-order valence-electron chi connectivity index (χ0n) is 13.5. The van der Waals surface area contributed by atoms with Gasteiger partial charge in [0.2, 0.25) is 0 Å². The number of ketones is 1. The molecule has 0 aliphatic heterocycles. The molecule has 1 aromatic heterocycles. The summed E-state index contributed by atoms with van der Waals surface area (Å²) in [5, 5.41) is 11.5. The van der Waals surface area contributed by atoms with Crippen LogP contribution < -0.4 is 5.32 Å². The third-order valence-electron chi connectivity index (χ3n) is 3.56. The van der Waals surface area contributed by atoms with Gasteiger partial charge < -0.3 is 5.32 Å². The van der Waals surface area contributed by atoms with E-state index in [2.05, 4.69) is 10.3 Å². The predicted octanol–water partition coefficient (Wildman–Crippen LogP) is 2.89. The molecule has 0 radical (unpaired) electrons. The second-order valence-corrected chi connectivity index (χ2v) is 5.41. The molecule has 0 spiro atoms. The Labute approximate surface area is 147 Å². The van der Waals surface area contributed by atoms with E-state index >= 15 is 0 Å². The molecular formula is C18H14F3N3O2. The third-order valence-corrected chi connectivity index (χ3v) is 3.56. The second kappa shape index (κ2) is 8.76. The van der Waals surface area contributed by atoms with E-state index in [4.69, 9.17) is 5.26 Å². The number of nitriles is 1. The van der Waals surface area contributed by atoms with Crippen LogP contribution in [0.2, 0.25) is 0 Å². The minimum absolute atomic E-state index is 0.0243. The van der Waals surface area contributed by atoms with Gasteiger partial charge in [-0.15, -0.1) is 0 Å². The van der Waals surface area contributed by atoms with Gasteiger partial charge in [0.1, 0.15) is 23.4 Å². The fourth-order valence-corrected chi connectivity index (χ4v) is 2.24. The molecule has 1 heterocycles. The number of nitrogens with one attached hydrogen (secondary N) is 1. The lowest BCUT2D eigenvalue weighted by Gasteiger charge is -2.09. The van der Waals surface area contributed by atoms with Gasteiger partial charge in [-0.1, -0.05) is 0 Å². The van der Waals surface area contributed by atoms with Crippen LogP contribution in [0, 0.1) is 28.8 Å². The minimum atomic E-state index is -1.12. The average Bonchev–Trinajstić information content (AvgIpc) is 2.60. The molecule has 0 unspecified atom stereocenters. The van der Waals surface area contributed by atoms with E-state index in [-0.39, 0.29) is 30.6 Å². The molecule has 0 bridgehead atoms. The van der Waals surface area contributed by atoms with Crippen molar-refractivity contribution in [2.45, 2.75) is 18.8 Å². The van der Waals surface area contributed by atoms with Gasteiger partial charge in [0.25, 0.3) is 5.91 Å². The molecular weight excluding hydrogens is 347 g/mol. The second-order valence-electron chi connectivity index (χ2n) is 5.41. The van der Waals surface area contributed by atoms with Gasteiger partial charge in [-0.05, 0) is 30.7 Å². The SMILES string of the molecule is N#C[C@@H](C(=O)CCCNC(=O)c1ccc(F)cc1F)c1ccc(F)cn1. The minimum Gasteiger partial charge on any atom is -0.352 e. The number of carbonyl (C=O) groups is 2. The lowest BCUT2D eigenvalue weighted by Crippen LogP contribution is -2.26. The van der Waals surface area contributed by atoms with Crippen LogP contribution in [0.1, 0.15) is 34.8 Å². The van der Waals surface area contributed by atoms with Crippen LogP contribution in [0.3, 0.4) is 0 Å². The molecule has 2 aromatic rings. The molecule has 26 heavy (non-hydrogen) atoms. The molecule has 1 amide bonds. The molecule has 1 N–H and O–H groups in total. The van der Waals surface area contributed by atoms with Crippen molar-refractivity contribution in [3.05, 3.63) is 65.2 Å². The number of hydrogen-bond acceptors (Lipinski definition) is 4.